The molecule has 0 amide bonds. The Morgan fingerprint density at radius 1 is 0.931 bits per heavy atom. The van der Waals surface area contributed by atoms with Crippen molar-refractivity contribution in [1.82, 2.24) is 9.80 Å². The van der Waals surface area contributed by atoms with E-state index in [-0.39, 0.29) is 0 Å². The lowest BCUT2D eigenvalue weighted by atomic mass is 9.74. The average Bonchev–Trinajstić information content (AvgIpc) is 3.18. The molecule has 0 N–H and O–H groups in total. The number of hydrogen-bond donors (Lipinski definition) is 0. The van der Waals surface area contributed by atoms with Gasteiger partial charge < -0.3 is 4.90 Å². The molecule has 4 aliphatic rings. The van der Waals surface area contributed by atoms with Gasteiger partial charge in [-0.2, -0.15) is 0 Å². The van der Waals surface area contributed by atoms with Gasteiger partial charge in [-0.1, -0.05) is 56.5 Å². The van der Waals surface area contributed by atoms with Crippen LogP contribution in [0.5, 0.6) is 0 Å². The Labute approximate surface area is 178 Å². The van der Waals surface area contributed by atoms with Gasteiger partial charge in [0.25, 0.3) is 0 Å². The van der Waals surface area contributed by atoms with Crippen molar-refractivity contribution in [3.8, 4) is 0 Å². The van der Waals surface area contributed by atoms with Crippen LogP contribution in [0.15, 0.2) is 30.3 Å². The van der Waals surface area contributed by atoms with Gasteiger partial charge in [0.2, 0.25) is 0 Å². The van der Waals surface area contributed by atoms with E-state index in [0.717, 1.165) is 23.8 Å². The largest absolute Gasteiger partial charge is 0.303 e. The summed E-state index contributed by atoms with van der Waals surface area (Å²) in [5.41, 5.74) is 4.66. The Kier molecular flexibility index (Phi) is 6.11. The molecule has 158 valence electrons. The van der Waals surface area contributed by atoms with Crippen LogP contribution in [-0.4, -0.2) is 48.6 Å². The van der Waals surface area contributed by atoms with Crippen LogP contribution in [-0.2, 0) is 6.42 Å². The standard InChI is InChI=1S/C27H40N2/c1-21-13-15-28(18-21)16-14-22-7-10-24(11-8-22)27-12-9-23-17-25(27)20-29(19-23)26-5-3-2-4-6-26/h7-8,10-12,21,23,25-26H,2-6,9,13-20H2,1H3. The Morgan fingerprint density at radius 2 is 1.76 bits per heavy atom. The van der Waals surface area contributed by atoms with Gasteiger partial charge in [-0.05, 0) is 79.5 Å². The first-order valence-corrected chi connectivity index (χ1v) is 12.5. The van der Waals surface area contributed by atoms with Crippen LogP contribution < -0.4 is 0 Å². The monoisotopic (exact) mass is 392 g/mol. The number of rotatable bonds is 5. The minimum Gasteiger partial charge on any atom is -0.303 e. The third-order valence-electron chi connectivity index (χ3n) is 8.28. The smallest absolute Gasteiger partial charge is 0.00956 e. The third kappa shape index (κ3) is 4.64. The zero-order chi connectivity index (χ0) is 19.6. The Hall–Kier alpha value is -1.12. The third-order valence-corrected chi connectivity index (χ3v) is 8.28. The summed E-state index contributed by atoms with van der Waals surface area (Å²) in [7, 11) is 0. The number of benzene rings is 1. The maximum atomic E-state index is 2.89. The molecule has 0 spiro atoms. The lowest BCUT2D eigenvalue weighted by Crippen LogP contribution is -2.48. The van der Waals surface area contributed by atoms with Crippen molar-refractivity contribution in [1.29, 1.82) is 0 Å². The van der Waals surface area contributed by atoms with E-state index >= 15 is 0 Å². The van der Waals surface area contributed by atoms with Gasteiger partial charge in [-0.25, -0.2) is 0 Å². The molecule has 3 atom stereocenters. The fourth-order valence-electron chi connectivity index (χ4n) is 6.58. The molecule has 2 aliphatic heterocycles. The molecule has 1 aromatic carbocycles. The van der Waals surface area contributed by atoms with E-state index in [1.54, 1.807) is 5.57 Å². The van der Waals surface area contributed by atoms with E-state index in [0.29, 0.717) is 0 Å². The van der Waals surface area contributed by atoms with E-state index in [2.05, 4.69) is 47.1 Å². The molecule has 0 radical (unpaired) electrons. The molecule has 1 saturated carbocycles. The predicted octanol–water partition coefficient (Wildman–Crippen LogP) is 5.63. The summed E-state index contributed by atoms with van der Waals surface area (Å²) in [6.07, 6.45) is 15.2. The highest BCUT2D eigenvalue weighted by atomic mass is 15.2. The number of nitrogens with zero attached hydrogens (tertiary/aromatic N) is 2. The summed E-state index contributed by atoms with van der Waals surface area (Å²) in [6.45, 7) is 8.88. The summed E-state index contributed by atoms with van der Waals surface area (Å²) in [5.74, 6) is 2.56. The number of fused-ring (bicyclic) bond motifs is 2. The van der Waals surface area contributed by atoms with Crippen LogP contribution >= 0.6 is 0 Å². The van der Waals surface area contributed by atoms with E-state index in [1.165, 1.54) is 102 Å². The van der Waals surface area contributed by atoms with Crippen LogP contribution in [0.1, 0.15) is 69.4 Å². The zero-order valence-corrected chi connectivity index (χ0v) is 18.5. The summed E-state index contributed by atoms with van der Waals surface area (Å²) in [6, 6.07) is 10.5. The maximum absolute atomic E-state index is 2.89. The van der Waals surface area contributed by atoms with E-state index in [9.17, 15) is 0 Å². The highest BCUT2D eigenvalue weighted by Gasteiger charge is 2.35. The van der Waals surface area contributed by atoms with Crippen molar-refractivity contribution in [2.45, 2.75) is 70.8 Å². The van der Waals surface area contributed by atoms with Gasteiger partial charge in [0.15, 0.2) is 0 Å². The maximum Gasteiger partial charge on any atom is 0.00956 e. The van der Waals surface area contributed by atoms with Crippen molar-refractivity contribution >= 4 is 5.57 Å². The minimum atomic E-state index is 0.765. The van der Waals surface area contributed by atoms with Crippen LogP contribution in [0.4, 0.5) is 0 Å². The first-order valence-electron chi connectivity index (χ1n) is 12.5. The summed E-state index contributed by atoms with van der Waals surface area (Å²) < 4.78 is 0. The van der Waals surface area contributed by atoms with Crippen molar-refractivity contribution in [2.24, 2.45) is 17.8 Å². The predicted molar refractivity (Wildman–Crippen MR) is 123 cm³/mol. The highest BCUT2D eigenvalue weighted by molar-refractivity contribution is 5.69. The van der Waals surface area contributed by atoms with Gasteiger partial charge in [0.1, 0.15) is 0 Å². The fraction of sp³-hybridized carbons (Fsp3) is 0.704. The molecule has 2 heterocycles. The first-order chi connectivity index (χ1) is 14.2. The van der Waals surface area contributed by atoms with Gasteiger partial charge in [-0.15, -0.1) is 0 Å². The van der Waals surface area contributed by atoms with E-state index in [4.69, 9.17) is 0 Å². The quantitative estimate of drug-likeness (QED) is 0.641. The second-order valence-electron chi connectivity index (χ2n) is 10.6. The van der Waals surface area contributed by atoms with Crippen molar-refractivity contribution in [2.75, 3.05) is 32.7 Å². The molecule has 2 saturated heterocycles. The molecule has 2 aliphatic carbocycles. The van der Waals surface area contributed by atoms with Crippen LogP contribution in [0.25, 0.3) is 5.57 Å². The molecular formula is C27H40N2. The van der Waals surface area contributed by atoms with Crippen LogP contribution in [0.3, 0.4) is 0 Å². The Morgan fingerprint density at radius 3 is 2.52 bits per heavy atom. The number of likely N-dealkylation sites (tertiary alicyclic amines) is 2. The molecule has 0 aromatic heterocycles. The van der Waals surface area contributed by atoms with Crippen molar-refractivity contribution in [3.63, 3.8) is 0 Å². The SMILES string of the molecule is CC1CCN(CCc2ccc(C3=CCC4CC3CN(C3CCCCC3)C4)cc2)C1. The normalized spacial score (nSPS) is 31.8. The summed E-state index contributed by atoms with van der Waals surface area (Å²) in [5, 5.41) is 0. The fourth-order valence-corrected chi connectivity index (χ4v) is 6.58. The number of hydrogen-bond acceptors (Lipinski definition) is 2. The molecule has 29 heavy (non-hydrogen) atoms. The van der Waals surface area contributed by atoms with Crippen molar-refractivity contribution < 1.29 is 0 Å². The topological polar surface area (TPSA) is 6.48 Å². The molecule has 2 nitrogen and oxygen atoms in total. The molecule has 1 aromatic rings. The molecular weight excluding hydrogens is 352 g/mol. The second kappa shape index (κ2) is 8.94. The lowest BCUT2D eigenvalue weighted by Gasteiger charge is -2.46. The van der Waals surface area contributed by atoms with Crippen LogP contribution in [0.2, 0.25) is 0 Å². The van der Waals surface area contributed by atoms with Gasteiger partial charge in [0, 0.05) is 32.2 Å². The molecule has 3 fully saturated rings. The number of allylic oxidation sites excluding steroid dienone is 1. The minimum absolute atomic E-state index is 0.765. The molecule has 3 unspecified atom stereocenters. The zero-order valence-electron chi connectivity index (χ0n) is 18.5. The van der Waals surface area contributed by atoms with Crippen LogP contribution in [0, 0.1) is 17.8 Å². The van der Waals surface area contributed by atoms with E-state index < -0.39 is 0 Å². The molecule has 5 rings (SSSR count). The number of piperidine rings is 1. The summed E-state index contributed by atoms with van der Waals surface area (Å²) >= 11 is 0. The molecule has 2 heteroatoms. The Bertz CT molecular complexity index is 700. The first kappa shape index (κ1) is 19.8. The molecule has 2 bridgehead atoms. The van der Waals surface area contributed by atoms with Crippen molar-refractivity contribution in [3.05, 3.63) is 41.5 Å². The van der Waals surface area contributed by atoms with Gasteiger partial charge in [0.05, 0.1) is 0 Å². The van der Waals surface area contributed by atoms with Gasteiger partial charge >= 0.3 is 0 Å². The highest BCUT2D eigenvalue weighted by Crippen LogP contribution is 2.41. The summed E-state index contributed by atoms with van der Waals surface area (Å²) in [4.78, 5) is 5.53. The second-order valence-corrected chi connectivity index (χ2v) is 10.6. The Balaban J connectivity index is 1.21. The van der Waals surface area contributed by atoms with E-state index in [1.807, 2.05) is 0 Å². The van der Waals surface area contributed by atoms with Gasteiger partial charge in [-0.3, -0.25) is 4.90 Å². The lowest BCUT2D eigenvalue weighted by molar-refractivity contribution is 0.0775. The average molecular weight is 393 g/mol.